The molecular formula is C38H44N4O6Si. The predicted octanol–water partition coefficient (Wildman–Crippen LogP) is 5.09. The monoisotopic (exact) mass is 680 g/mol. The van der Waals surface area contributed by atoms with Crippen LogP contribution >= 0.6 is 0 Å². The zero-order valence-corrected chi connectivity index (χ0v) is 29.2. The molecule has 1 fully saturated rings. The van der Waals surface area contributed by atoms with Crippen molar-refractivity contribution in [3.05, 3.63) is 108 Å². The molecule has 0 aliphatic carbocycles. The molecule has 3 heterocycles. The highest BCUT2D eigenvalue weighted by molar-refractivity contribution is 6.71. The first-order valence-corrected chi connectivity index (χ1v) is 19.7. The summed E-state index contributed by atoms with van der Waals surface area (Å²) >= 11 is 0. The van der Waals surface area contributed by atoms with Crippen molar-refractivity contribution in [2.24, 2.45) is 5.92 Å². The van der Waals surface area contributed by atoms with Gasteiger partial charge in [-0.2, -0.15) is 0 Å². The number of hydrogen-bond acceptors (Lipinski definition) is 6. The van der Waals surface area contributed by atoms with E-state index in [0.29, 0.717) is 23.5 Å². The number of hydrogen-bond donors (Lipinski definition) is 4. The molecule has 49 heavy (non-hydrogen) atoms. The highest BCUT2D eigenvalue weighted by atomic mass is 28.4. The van der Waals surface area contributed by atoms with E-state index in [2.05, 4.69) is 16.9 Å². The lowest BCUT2D eigenvalue weighted by atomic mass is 9.82. The summed E-state index contributed by atoms with van der Waals surface area (Å²) in [5, 5.41) is 13.8. The zero-order valence-electron chi connectivity index (χ0n) is 28.2. The van der Waals surface area contributed by atoms with Crippen molar-refractivity contribution in [2.75, 3.05) is 29.9 Å². The predicted molar refractivity (Wildman–Crippen MR) is 192 cm³/mol. The number of carbonyl (C=O) groups is 3. The van der Waals surface area contributed by atoms with Gasteiger partial charge in [0.2, 0.25) is 11.8 Å². The molecule has 0 bridgehead atoms. The molecule has 0 radical (unpaired) electrons. The average molecular weight is 681 g/mol. The second-order valence-corrected chi connectivity index (χ2v) is 17.6. The Morgan fingerprint density at radius 3 is 2.57 bits per heavy atom. The van der Waals surface area contributed by atoms with Gasteiger partial charge in [-0.3, -0.25) is 14.4 Å². The van der Waals surface area contributed by atoms with Crippen LogP contribution in [0.15, 0.2) is 91.6 Å². The molecule has 11 heteroatoms. The van der Waals surface area contributed by atoms with Crippen LogP contribution in [-0.2, 0) is 37.7 Å². The molecule has 3 amide bonds. The van der Waals surface area contributed by atoms with Gasteiger partial charge in [-0.25, -0.2) is 0 Å². The number of nitrogens with zero attached hydrogens (tertiary/aromatic N) is 2. The fourth-order valence-corrected chi connectivity index (χ4v) is 10.4. The minimum absolute atomic E-state index is 0.0638. The number of benzene rings is 3. The van der Waals surface area contributed by atoms with Crippen LogP contribution in [0.2, 0.25) is 18.6 Å². The van der Waals surface area contributed by atoms with Gasteiger partial charge in [0.1, 0.15) is 0 Å². The van der Waals surface area contributed by atoms with E-state index >= 15 is 0 Å². The highest BCUT2D eigenvalue weighted by Gasteiger charge is 2.66. The van der Waals surface area contributed by atoms with Crippen LogP contribution in [-0.4, -0.2) is 71.6 Å². The summed E-state index contributed by atoms with van der Waals surface area (Å²) in [6.45, 7) is 9.89. The van der Waals surface area contributed by atoms with Crippen LogP contribution in [0.1, 0.15) is 30.0 Å². The minimum Gasteiger partial charge on any atom is -0.432 e. The van der Waals surface area contributed by atoms with Gasteiger partial charge in [-0.05, 0) is 48.5 Å². The van der Waals surface area contributed by atoms with Gasteiger partial charge in [-0.1, -0.05) is 61.5 Å². The average Bonchev–Trinajstić information content (AvgIpc) is 3.68. The maximum atomic E-state index is 14.5. The number of rotatable bonds is 12. The fraction of sp³-hybridized carbons (Fsp3) is 0.342. The maximum Gasteiger partial charge on any atom is 0.264 e. The molecule has 1 saturated heterocycles. The first kappa shape index (κ1) is 34.3. The Morgan fingerprint density at radius 1 is 1.12 bits per heavy atom. The largest absolute Gasteiger partial charge is 0.432 e. The number of fused-ring (bicyclic) bond motifs is 3. The summed E-state index contributed by atoms with van der Waals surface area (Å²) in [4.78, 5) is 59.8. The normalized spacial score (nSPS) is 21.7. The number of anilines is 2. The van der Waals surface area contributed by atoms with Crippen molar-refractivity contribution in [2.45, 2.75) is 56.7 Å². The second-order valence-electron chi connectivity index (χ2n) is 13.6. The van der Waals surface area contributed by atoms with Gasteiger partial charge in [0, 0.05) is 59.4 Å². The number of aromatic nitrogens is 1. The SMILES string of the molecule is C=CCN1C(=O)[C@@]2(O[C@@H](CC(=O)N(CCO)Cc3ccccc3)[C@H]([Si](C)(C)O)[C@H]2C)c2cc(NC(=O)Cc3c[nH]c4ccccc34)ccc21. The number of carbonyl (C=O) groups excluding carboxylic acids is 3. The standard InChI is InChI=1S/C38H44N4O6Si/c1-5-17-42-32-16-15-28(40-34(44)20-27-23-39-31-14-10-9-13-29(27)31)21-30(32)38(37(42)46)25(2)36(49(3,4)47)33(48-38)22-35(45)41(18-19-43)24-26-11-7-6-8-12-26/h5-16,21,23,25,33,36,39,43,47H,1,17-20,22,24H2,2-4H3,(H,40,44)/t25-,33+,36-,38+/m1/s1. The molecule has 1 spiro atoms. The number of aromatic amines is 1. The topological polar surface area (TPSA) is 135 Å². The molecule has 1 aromatic heterocycles. The summed E-state index contributed by atoms with van der Waals surface area (Å²) in [5.74, 6) is -1.22. The molecule has 0 unspecified atom stereocenters. The van der Waals surface area contributed by atoms with Crippen LogP contribution in [0, 0.1) is 5.92 Å². The van der Waals surface area contributed by atoms with Gasteiger partial charge in [-0.15, -0.1) is 6.58 Å². The van der Waals surface area contributed by atoms with Crippen molar-refractivity contribution in [3.8, 4) is 0 Å². The number of aliphatic hydroxyl groups is 1. The molecule has 10 nitrogen and oxygen atoms in total. The molecule has 4 atom stereocenters. The van der Waals surface area contributed by atoms with Crippen LogP contribution in [0.25, 0.3) is 10.9 Å². The Labute approximate surface area is 287 Å². The first-order chi connectivity index (χ1) is 23.5. The Bertz CT molecular complexity index is 1870. The van der Waals surface area contributed by atoms with E-state index in [9.17, 15) is 24.3 Å². The van der Waals surface area contributed by atoms with Gasteiger partial charge in [0.15, 0.2) is 13.9 Å². The van der Waals surface area contributed by atoms with E-state index in [1.807, 2.05) is 80.8 Å². The molecule has 2 aliphatic rings. The Balaban J connectivity index is 1.32. The van der Waals surface area contributed by atoms with Gasteiger partial charge >= 0.3 is 0 Å². The van der Waals surface area contributed by atoms with E-state index in [-0.39, 0.29) is 50.3 Å². The van der Waals surface area contributed by atoms with Crippen LogP contribution in [0.4, 0.5) is 11.4 Å². The van der Waals surface area contributed by atoms with E-state index in [1.54, 1.807) is 34.1 Å². The molecule has 4 aromatic rings. The second kappa shape index (κ2) is 13.8. The van der Waals surface area contributed by atoms with E-state index in [1.165, 1.54) is 0 Å². The molecule has 2 aliphatic heterocycles. The van der Waals surface area contributed by atoms with Gasteiger partial charge < -0.3 is 34.7 Å². The molecule has 4 N–H and O–H groups in total. The lowest BCUT2D eigenvalue weighted by Gasteiger charge is -2.32. The highest BCUT2D eigenvalue weighted by Crippen LogP contribution is 2.60. The van der Waals surface area contributed by atoms with Gasteiger partial charge in [0.05, 0.1) is 31.2 Å². The Morgan fingerprint density at radius 2 is 1.86 bits per heavy atom. The van der Waals surface area contributed by atoms with E-state index in [0.717, 1.165) is 22.0 Å². The number of para-hydroxylation sites is 1. The quantitative estimate of drug-likeness (QED) is 0.122. The number of ether oxygens (including phenoxy) is 1. The fourth-order valence-electron chi connectivity index (χ4n) is 7.84. The third-order valence-electron chi connectivity index (χ3n) is 9.92. The van der Waals surface area contributed by atoms with Crippen molar-refractivity contribution in [1.29, 1.82) is 0 Å². The third kappa shape index (κ3) is 6.46. The number of aliphatic hydroxyl groups excluding tert-OH is 1. The van der Waals surface area contributed by atoms with Crippen molar-refractivity contribution < 1.29 is 29.0 Å². The van der Waals surface area contributed by atoms with Crippen LogP contribution < -0.4 is 10.2 Å². The molecule has 256 valence electrons. The lowest BCUT2D eigenvalue weighted by Crippen LogP contribution is -2.46. The van der Waals surface area contributed by atoms with Crippen molar-refractivity contribution in [3.63, 3.8) is 0 Å². The summed E-state index contributed by atoms with van der Waals surface area (Å²) in [6.07, 6.45) is 2.82. The molecular weight excluding hydrogens is 637 g/mol. The lowest BCUT2D eigenvalue weighted by molar-refractivity contribution is -0.149. The van der Waals surface area contributed by atoms with Gasteiger partial charge in [0.25, 0.3) is 5.91 Å². The first-order valence-electron chi connectivity index (χ1n) is 16.7. The number of nitrogens with one attached hydrogen (secondary N) is 2. The molecule has 3 aromatic carbocycles. The molecule has 6 rings (SSSR count). The maximum absolute atomic E-state index is 14.5. The van der Waals surface area contributed by atoms with E-state index < -0.39 is 31.5 Å². The van der Waals surface area contributed by atoms with Crippen LogP contribution in [0.3, 0.4) is 0 Å². The summed E-state index contributed by atoms with van der Waals surface area (Å²) in [7, 11) is -3.04. The Hall–Kier alpha value is -4.55. The zero-order chi connectivity index (χ0) is 34.9. The molecule has 0 saturated carbocycles. The summed E-state index contributed by atoms with van der Waals surface area (Å²) < 4.78 is 6.84. The third-order valence-corrected chi connectivity index (χ3v) is 12.4. The summed E-state index contributed by atoms with van der Waals surface area (Å²) in [5.41, 5.74) is 2.54. The van der Waals surface area contributed by atoms with Crippen molar-refractivity contribution >= 4 is 48.3 Å². The Kier molecular flexibility index (Phi) is 9.63. The number of amides is 3. The van der Waals surface area contributed by atoms with Crippen LogP contribution in [0.5, 0.6) is 0 Å². The summed E-state index contributed by atoms with van der Waals surface area (Å²) in [6, 6.07) is 22.7. The van der Waals surface area contributed by atoms with Crippen molar-refractivity contribution in [1.82, 2.24) is 9.88 Å². The smallest absolute Gasteiger partial charge is 0.264 e. The number of H-pyrrole nitrogens is 1. The minimum atomic E-state index is -3.04. The van der Waals surface area contributed by atoms with E-state index in [4.69, 9.17) is 4.74 Å².